The molecule has 25 heavy (non-hydrogen) atoms. The van der Waals surface area contributed by atoms with Gasteiger partial charge in [-0.2, -0.15) is 0 Å². The minimum atomic E-state index is -0.0475. The standard InChI is InChI=1S/C18H34N4O2.ClH/c19-16(14-10-11-14)13-21-17(23)9-5-2-6-12-20-18(24)22-15-7-3-1-4-8-15;/h14-16H,1-13,19H2,(H,21,23)(H2,20,22,24);1H. The molecule has 0 aliphatic heterocycles. The Bertz CT molecular complexity index is 399. The number of carbonyl (C=O) groups excluding carboxylic acids is 2. The predicted octanol–water partition coefficient (Wildman–Crippen LogP) is 2.45. The molecule has 0 heterocycles. The van der Waals surface area contributed by atoms with E-state index in [1.807, 2.05) is 0 Å². The van der Waals surface area contributed by atoms with Crippen molar-refractivity contribution < 1.29 is 9.59 Å². The fraction of sp³-hybridized carbons (Fsp3) is 0.889. The summed E-state index contributed by atoms with van der Waals surface area (Å²) in [6.45, 7) is 1.28. The summed E-state index contributed by atoms with van der Waals surface area (Å²) in [7, 11) is 0. The van der Waals surface area contributed by atoms with E-state index >= 15 is 0 Å². The van der Waals surface area contributed by atoms with Crippen LogP contribution in [-0.2, 0) is 4.79 Å². The number of hydrogen-bond acceptors (Lipinski definition) is 3. The van der Waals surface area contributed by atoms with Crippen molar-refractivity contribution in [2.75, 3.05) is 13.1 Å². The largest absolute Gasteiger partial charge is 0.355 e. The van der Waals surface area contributed by atoms with Gasteiger partial charge in [-0.1, -0.05) is 25.7 Å². The van der Waals surface area contributed by atoms with E-state index in [1.165, 1.54) is 32.1 Å². The van der Waals surface area contributed by atoms with Gasteiger partial charge in [0.05, 0.1) is 0 Å². The molecule has 0 bridgehead atoms. The topological polar surface area (TPSA) is 96.2 Å². The fourth-order valence-electron chi connectivity index (χ4n) is 3.28. The van der Waals surface area contributed by atoms with Crippen LogP contribution in [0.1, 0.15) is 70.6 Å². The van der Waals surface area contributed by atoms with Crippen LogP contribution < -0.4 is 21.7 Å². The zero-order valence-electron chi connectivity index (χ0n) is 15.2. The summed E-state index contributed by atoms with van der Waals surface area (Å²) < 4.78 is 0. The number of hydrogen-bond donors (Lipinski definition) is 4. The first kappa shape index (κ1) is 22.0. The monoisotopic (exact) mass is 374 g/mol. The first-order valence-corrected chi connectivity index (χ1v) is 9.72. The average Bonchev–Trinajstić information content (AvgIpc) is 3.41. The molecule has 3 amide bonds. The maximum Gasteiger partial charge on any atom is 0.315 e. The van der Waals surface area contributed by atoms with Crippen molar-refractivity contribution in [3.63, 3.8) is 0 Å². The second-order valence-electron chi connectivity index (χ2n) is 7.35. The van der Waals surface area contributed by atoms with E-state index in [9.17, 15) is 9.59 Å². The highest BCUT2D eigenvalue weighted by Crippen LogP contribution is 2.31. The third kappa shape index (κ3) is 9.90. The lowest BCUT2D eigenvalue weighted by atomic mass is 9.96. The molecule has 6 nitrogen and oxygen atoms in total. The predicted molar refractivity (Wildman–Crippen MR) is 103 cm³/mol. The van der Waals surface area contributed by atoms with E-state index in [0.717, 1.165) is 32.1 Å². The molecule has 1 atom stereocenters. The second kappa shape index (κ2) is 12.4. The minimum absolute atomic E-state index is 0. The highest BCUT2D eigenvalue weighted by atomic mass is 35.5. The molecule has 0 aromatic heterocycles. The van der Waals surface area contributed by atoms with Gasteiger partial charge in [-0.05, 0) is 44.4 Å². The molecule has 7 heteroatoms. The Hall–Kier alpha value is -1.01. The highest BCUT2D eigenvalue weighted by Gasteiger charge is 2.28. The Kier molecular flexibility index (Phi) is 10.9. The van der Waals surface area contributed by atoms with Crippen LogP contribution in [0.15, 0.2) is 0 Å². The van der Waals surface area contributed by atoms with Crippen LogP contribution >= 0.6 is 12.4 Å². The van der Waals surface area contributed by atoms with Crippen molar-refractivity contribution in [3.8, 4) is 0 Å². The third-order valence-corrected chi connectivity index (χ3v) is 5.07. The lowest BCUT2D eigenvalue weighted by molar-refractivity contribution is -0.121. The average molecular weight is 375 g/mol. The van der Waals surface area contributed by atoms with Gasteiger partial charge in [0.2, 0.25) is 5.91 Å². The molecule has 146 valence electrons. The van der Waals surface area contributed by atoms with Crippen molar-refractivity contribution in [2.45, 2.75) is 82.7 Å². The maximum absolute atomic E-state index is 11.8. The van der Waals surface area contributed by atoms with Crippen LogP contribution in [0.5, 0.6) is 0 Å². The molecule has 5 N–H and O–H groups in total. The number of rotatable bonds is 10. The van der Waals surface area contributed by atoms with Gasteiger partial charge < -0.3 is 21.7 Å². The Morgan fingerprint density at radius 3 is 2.36 bits per heavy atom. The van der Waals surface area contributed by atoms with Gasteiger partial charge in [-0.15, -0.1) is 12.4 Å². The molecule has 0 spiro atoms. The molecular formula is C18H35ClN4O2. The molecule has 0 radical (unpaired) electrons. The summed E-state index contributed by atoms with van der Waals surface area (Å²) in [6, 6.07) is 0.430. The first-order valence-electron chi connectivity index (χ1n) is 9.72. The van der Waals surface area contributed by atoms with E-state index in [4.69, 9.17) is 5.73 Å². The summed E-state index contributed by atoms with van der Waals surface area (Å²) in [5.74, 6) is 0.713. The normalized spacial score (nSPS) is 18.8. The van der Waals surface area contributed by atoms with E-state index < -0.39 is 0 Å². The molecule has 0 aromatic rings. The summed E-state index contributed by atoms with van der Waals surface area (Å²) in [6.07, 6.45) is 11.6. The van der Waals surface area contributed by atoms with Crippen LogP contribution in [0.4, 0.5) is 4.79 Å². The summed E-state index contributed by atoms with van der Waals surface area (Å²) in [4.78, 5) is 23.5. The number of unbranched alkanes of at least 4 members (excludes halogenated alkanes) is 2. The SMILES string of the molecule is Cl.NC(CNC(=O)CCCCCNC(=O)NC1CCCCC1)C1CC1. The van der Waals surface area contributed by atoms with Crippen LogP contribution in [0.3, 0.4) is 0 Å². The van der Waals surface area contributed by atoms with Gasteiger partial charge in [0.25, 0.3) is 0 Å². The molecule has 2 fully saturated rings. The molecule has 0 saturated heterocycles. The van der Waals surface area contributed by atoms with Crippen molar-refractivity contribution in [1.29, 1.82) is 0 Å². The van der Waals surface area contributed by atoms with E-state index in [1.54, 1.807) is 0 Å². The number of nitrogens with two attached hydrogens (primary N) is 1. The van der Waals surface area contributed by atoms with Crippen LogP contribution in [0.25, 0.3) is 0 Å². The lowest BCUT2D eigenvalue weighted by Gasteiger charge is -2.22. The Morgan fingerprint density at radius 1 is 0.960 bits per heavy atom. The Morgan fingerprint density at radius 2 is 1.68 bits per heavy atom. The van der Waals surface area contributed by atoms with Gasteiger partial charge in [0, 0.05) is 31.6 Å². The van der Waals surface area contributed by atoms with Gasteiger partial charge in [-0.3, -0.25) is 4.79 Å². The van der Waals surface area contributed by atoms with Crippen LogP contribution in [-0.4, -0.2) is 37.1 Å². The number of amides is 3. The molecule has 2 rings (SSSR count). The fourth-order valence-corrected chi connectivity index (χ4v) is 3.28. The maximum atomic E-state index is 11.8. The first-order chi connectivity index (χ1) is 11.6. The number of carbonyl (C=O) groups is 2. The van der Waals surface area contributed by atoms with Gasteiger partial charge in [-0.25, -0.2) is 4.79 Å². The molecular weight excluding hydrogens is 340 g/mol. The lowest BCUT2D eigenvalue weighted by Crippen LogP contribution is -2.43. The van der Waals surface area contributed by atoms with Crippen molar-refractivity contribution in [1.82, 2.24) is 16.0 Å². The van der Waals surface area contributed by atoms with E-state index in [0.29, 0.717) is 31.5 Å². The number of halogens is 1. The highest BCUT2D eigenvalue weighted by molar-refractivity contribution is 5.85. The van der Waals surface area contributed by atoms with Crippen molar-refractivity contribution in [2.24, 2.45) is 11.7 Å². The Balaban J connectivity index is 0.00000312. The molecule has 2 aliphatic rings. The summed E-state index contributed by atoms with van der Waals surface area (Å²) in [5.41, 5.74) is 5.96. The summed E-state index contributed by atoms with van der Waals surface area (Å²) >= 11 is 0. The van der Waals surface area contributed by atoms with Crippen LogP contribution in [0.2, 0.25) is 0 Å². The molecule has 0 aromatic carbocycles. The van der Waals surface area contributed by atoms with Crippen molar-refractivity contribution >= 4 is 24.3 Å². The van der Waals surface area contributed by atoms with Crippen LogP contribution in [0, 0.1) is 5.92 Å². The van der Waals surface area contributed by atoms with E-state index in [2.05, 4.69) is 16.0 Å². The summed E-state index contributed by atoms with van der Waals surface area (Å²) in [5, 5.41) is 8.87. The smallest absolute Gasteiger partial charge is 0.315 e. The number of nitrogens with one attached hydrogen (secondary N) is 3. The minimum Gasteiger partial charge on any atom is -0.355 e. The van der Waals surface area contributed by atoms with Gasteiger partial charge >= 0.3 is 6.03 Å². The zero-order chi connectivity index (χ0) is 17.2. The Labute approximate surface area is 157 Å². The van der Waals surface area contributed by atoms with Gasteiger partial charge in [0.1, 0.15) is 0 Å². The molecule has 2 aliphatic carbocycles. The quantitative estimate of drug-likeness (QED) is 0.442. The molecule has 2 saturated carbocycles. The zero-order valence-corrected chi connectivity index (χ0v) is 16.0. The third-order valence-electron chi connectivity index (χ3n) is 5.07. The number of urea groups is 1. The second-order valence-corrected chi connectivity index (χ2v) is 7.35. The van der Waals surface area contributed by atoms with Crippen molar-refractivity contribution in [3.05, 3.63) is 0 Å². The van der Waals surface area contributed by atoms with E-state index in [-0.39, 0.29) is 30.4 Å². The molecule has 1 unspecified atom stereocenters. The van der Waals surface area contributed by atoms with Gasteiger partial charge in [0.15, 0.2) is 0 Å².